The van der Waals surface area contributed by atoms with Gasteiger partial charge in [-0.25, -0.2) is 0 Å². The lowest BCUT2D eigenvalue weighted by Gasteiger charge is -2.31. The van der Waals surface area contributed by atoms with Crippen molar-refractivity contribution in [2.24, 2.45) is 11.7 Å². The van der Waals surface area contributed by atoms with E-state index in [1.807, 2.05) is 24.3 Å². The number of hydrogen-bond acceptors (Lipinski definition) is 4. The summed E-state index contributed by atoms with van der Waals surface area (Å²) in [4.78, 5) is 14.2. The second-order valence-corrected chi connectivity index (χ2v) is 5.26. The molecule has 1 atom stereocenters. The van der Waals surface area contributed by atoms with Crippen LogP contribution in [0.1, 0.15) is 12.8 Å². The molecule has 1 fully saturated rings. The normalized spacial score (nSPS) is 19.6. The Morgan fingerprint density at radius 3 is 3.15 bits per heavy atom. The van der Waals surface area contributed by atoms with E-state index in [0.29, 0.717) is 19.0 Å². The van der Waals surface area contributed by atoms with Gasteiger partial charge in [0, 0.05) is 18.3 Å². The number of nitrogens with one attached hydrogen (secondary N) is 1. The summed E-state index contributed by atoms with van der Waals surface area (Å²) in [7, 11) is 1.61. The molecule has 1 saturated heterocycles. The minimum absolute atomic E-state index is 0.0101. The Morgan fingerprint density at radius 2 is 2.40 bits per heavy atom. The van der Waals surface area contributed by atoms with Crippen LogP contribution in [-0.4, -0.2) is 44.1 Å². The topological polar surface area (TPSA) is 67.6 Å². The molecule has 0 radical (unpaired) electrons. The lowest BCUT2D eigenvalue weighted by atomic mass is 9.98. The summed E-state index contributed by atoms with van der Waals surface area (Å²) in [6.07, 6.45) is 2.29. The summed E-state index contributed by atoms with van der Waals surface area (Å²) in [6.45, 7) is 3.02. The fourth-order valence-corrected chi connectivity index (χ4v) is 2.59. The maximum absolute atomic E-state index is 12.1. The van der Waals surface area contributed by atoms with E-state index in [4.69, 9.17) is 10.5 Å². The Hall–Kier alpha value is -1.59. The fraction of sp³-hybridized carbons (Fsp3) is 0.533. The molecule has 2 rings (SSSR count). The van der Waals surface area contributed by atoms with Crippen molar-refractivity contribution in [2.75, 3.05) is 38.6 Å². The average Bonchev–Trinajstić information content (AvgIpc) is 2.47. The first kappa shape index (κ1) is 14.8. The maximum atomic E-state index is 12.1. The maximum Gasteiger partial charge on any atom is 0.238 e. The van der Waals surface area contributed by atoms with Gasteiger partial charge in [-0.15, -0.1) is 0 Å². The van der Waals surface area contributed by atoms with Gasteiger partial charge < -0.3 is 15.8 Å². The molecule has 5 heteroatoms. The monoisotopic (exact) mass is 277 g/mol. The van der Waals surface area contributed by atoms with Gasteiger partial charge in [0.15, 0.2) is 0 Å². The van der Waals surface area contributed by atoms with Crippen LogP contribution in [0.15, 0.2) is 24.3 Å². The number of carbonyl (C=O) groups excluding carboxylic acids is 1. The van der Waals surface area contributed by atoms with E-state index in [2.05, 4.69) is 10.2 Å². The van der Waals surface area contributed by atoms with E-state index in [1.54, 1.807) is 7.11 Å². The molecule has 5 nitrogen and oxygen atoms in total. The van der Waals surface area contributed by atoms with Crippen LogP contribution in [-0.2, 0) is 4.79 Å². The van der Waals surface area contributed by atoms with Gasteiger partial charge in [0.05, 0.1) is 13.7 Å². The molecule has 0 spiro atoms. The first-order valence-corrected chi connectivity index (χ1v) is 7.07. The number of amides is 1. The van der Waals surface area contributed by atoms with Crippen LogP contribution in [0.5, 0.6) is 5.75 Å². The Balaban J connectivity index is 1.85. The number of benzene rings is 1. The van der Waals surface area contributed by atoms with Gasteiger partial charge in [-0.05, 0) is 44.0 Å². The summed E-state index contributed by atoms with van der Waals surface area (Å²) in [5.74, 6) is 1.27. The Bertz CT molecular complexity index is 450. The highest BCUT2D eigenvalue weighted by Crippen LogP contribution is 2.17. The Morgan fingerprint density at radius 1 is 1.55 bits per heavy atom. The van der Waals surface area contributed by atoms with Gasteiger partial charge in [0.2, 0.25) is 5.91 Å². The van der Waals surface area contributed by atoms with Gasteiger partial charge in [-0.1, -0.05) is 6.07 Å². The molecule has 1 aliphatic heterocycles. The van der Waals surface area contributed by atoms with Crippen molar-refractivity contribution in [3.05, 3.63) is 24.3 Å². The minimum Gasteiger partial charge on any atom is -0.497 e. The number of likely N-dealkylation sites (tertiary alicyclic amines) is 1. The van der Waals surface area contributed by atoms with Crippen molar-refractivity contribution in [3.63, 3.8) is 0 Å². The third kappa shape index (κ3) is 4.21. The van der Waals surface area contributed by atoms with Crippen LogP contribution < -0.4 is 15.8 Å². The summed E-state index contributed by atoms with van der Waals surface area (Å²) < 4.78 is 5.14. The zero-order valence-electron chi connectivity index (χ0n) is 12.0. The van der Waals surface area contributed by atoms with E-state index < -0.39 is 0 Å². The van der Waals surface area contributed by atoms with Gasteiger partial charge in [0.25, 0.3) is 0 Å². The average molecular weight is 277 g/mol. The number of ether oxygens (including phenoxy) is 1. The van der Waals surface area contributed by atoms with Gasteiger partial charge in [0.1, 0.15) is 5.75 Å². The highest BCUT2D eigenvalue weighted by Gasteiger charge is 2.20. The number of rotatable bonds is 5. The Labute approximate surface area is 120 Å². The summed E-state index contributed by atoms with van der Waals surface area (Å²) in [5.41, 5.74) is 6.48. The van der Waals surface area contributed by atoms with E-state index in [9.17, 15) is 4.79 Å². The third-order valence-corrected chi connectivity index (χ3v) is 3.66. The molecular formula is C15H23N3O2. The molecular weight excluding hydrogens is 254 g/mol. The molecule has 3 N–H and O–H groups in total. The zero-order valence-corrected chi connectivity index (χ0v) is 12.0. The van der Waals surface area contributed by atoms with Gasteiger partial charge >= 0.3 is 0 Å². The number of methoxy groups -OCH3 is 1. The smallest absolute Gasteiger partial charge is 0.238 e. The number of anilines is 1. The lowest BCUT2D eigenvalue weighted by molar-refractivity contribution is -0.117. The molecule has 1 aromatic rings. The van der Waals surface area contributed by atoms with Crippen molar-refractivity contribution in [1.82, 2.24) is 4.90 Å². The number of piperidine rings is 1. The van der Waals surface area contributed by atoms with Crippen LogP contribution in [0.3, 0.4) is 0 Å². The second kappa shape index (κ2) is 7.26. The molecule has 1 heterocycles. The predicted molar refractivity (Wildman–Crippen MR) is 79.8 cm³/mol. The van der Waals surface area contributed by atoms with E-state index in [1.165, 1.54) is 6.42 Å². The number of nitrogens with zero attached hydrogens (tertiary/aromatic N) is 1. The highest BCUT2D eigenvalue weighted by atomic mass is 16.5. The van der Waals surface area contributed by atoms with Crippen molar-refractivity contribution >= 4 is 11.6 Å². The quantitative estimate of drug-likeness (QED) is 0.851. The Kier molecular flexibility index (Phi) is 5.38. The first-order valence-electron chi connectivity index (χ1n) is 7.07. The highest BCUT2D eigenvalue weighted by molar-refractivity contribution is 5.92. The zero-order chi connectivity index (χ0) is 14.4. The largest absolute Gasteiger partial charge is 0.497 e. The lowest BCUT2D eigenvalue weighted by Crippen LogP contribution is -2.42. The molecule has 0 saturated carbocycles. The van der Waals surface area contributed by atoms with Gasteiger partial charge in [-0.2, -0.15) is 0 Å². The molecule has 0 bridgehead atoms. The minimum atomic E-state index is 0.0101. The third-order valence-electron chi connectivity index (χ3n) is 3.66. The van der Waals surface area contributed by atoms with Crippen molar-refractivity contribution in [2.45, 2.75) is 12.8 Å². The summed E-state index contributed by atoms with van der Waals surface area (Å²) in [6, 6.07) is 7.39. The second-order valence-electron chi connectivity index (χ2n) is 5.26. The summed E-state index contributed by atoms with van der Waals surface area (Å²) in [5, 5.41) is 2.90. The summed E-state index contributed by atoms with van der Waals surface area (Å²) >= 11 is 0. The van der Waals surface area contributed by atoms with E-state index in [-0.39, 0.29) is 5.91 Å². The van der Waals surface area contributed by atoms with Gasteiger partial charge in [-0.3, -0.25) is 9.69 Å². The van der Waals surface area contributed by atoms with Crippen LogP contribution in [0.4, 0.5) is 5.69 Å². The number of carbonyl (C=O) groups is 1. The van der Waals surface area contributed by atoms with Crippen LogP contribution in [0.25, 0.3) is 0 Å². The van der Waals surface area contributed by atoms with Crippen molar-refractivity contribution < 1.29 is 9.53 Å². The molecule has 0 aromatic heterocycles. The van der Waals surface area contributed by atoms with Crippen molar-refractivity contribution in [3.8, 4) is 5.75 Å². The molecule has 110 valence electrons. The standard InChI is InChI=1S/C15H23N3O2/c1-20-14-6-2-5-13(8-14)17-15(19)11-18-7-3-4-12(9-16)10-18/h2,5-6,8,12H,3-4,7,9-11,16H2,1H3,(H,17,19). The predicted octanol–water partition coefficient (Wildman–Crippen LogP) is 1.30. The van der Waals surface area contributed by atoms with E-state index >= 15 is 0 Å². The van der Waals surface area contributed by atoms with E-state index in [0.717, 1.165) is 30.9 Å². The molecule has 1 aliphatic rings. The molecule has 1 unspecified atom stereocenters. The molecule has 20 heavy (non-hydrogen) atoms. The molecule has 0 aliphatic carbocycles. The molecule has 1 amide bonds. The molecule has 1 aromatic carbocycles. The number of hydrogen-bond donors (Lipinski definition) is 2. The first-order chi connectivity index (χ1) is 9.71. The fourth-order valence-electron chi connectivity index (χ4n) is 2.59. The SMILES string of the molecule is COc1cccc(NC(=O)CN2CCCC(CN)C2)c1. The van der Waals surface area contributed by atoms with Crippen LogP contribution in [0, 0.1) is 5.92 Å². The van der Waals surface area contributed by atoms with Crippen LogP contribution >= 0.6 is 0 Å². The van der Waals surface area contributed by atoms with Crippen molar-refractivity contribution in [1.29, 1.82) is 0 Å². The number of nitrogens with two attached hydrogens (primary N) is 1. The van der Waals surface area contributed by atoms with Crippen LogP contribution in [0.2, 0.25) is 0 Å².